The molecule has 4 nitrogen and oxygen atoms in total. The van der Waals surface area contributed by atoms with Crippen LogP contribution in [0.15, 0.2) is 48.5 Å². The fourth-order valence-electron chi connectivity index (χ4n) is 3.45. The zero-order valence-corrected chi connectivity index (χ0v) is 14.8. The topological polar surface area (TPSA) is 49.4 Å². The Bertz CT molecular complexity index is 771. The van der Waals surface area contributed by atoms with Gasteiger partial charge in [0.25, 0.3) is 0 Å². The minimum Gasteiger partial charge on any atom is -0.349 e. The number of amides is 2. The van der Waals surface area contributed by atoms with Crippen molar-refractivity contribution < 1.29 is 9.59 Å². The third-order valence-electron chi connectivity index (χ3n) is 4.61. The van der Waals surface area contributed by atoms with Crippen molar-refractivity contribution in [1.82, 2.24) is 5.32 Å². The van der Waals surface area contributed by atoms with E-state index in [-0.39, 0.29) is 24.3 Å². The van der Waals surface area contributed by atoms with Gasteiger partial charge in [-0.1, -0.05) is 48.0 Å². The van der Waals surface area contributed by atoms with Gasteiger partial charge in [0.1, 0.15) is 0 Å². The van der Waals surface area contributed by atoms with Crippen molar-refractivity contribution in [3.8, 4) is 0 Å². The molecule has 0 unspecified atom stereocenters. The van der Waals surface area contributed by atoms with Crippen molar-refractivity contribution in [2.45, 2.75) is 39.2 Å². The number of carbonyl (C=O) groups is 2. The van der Waals surface area contributed by atoms with E-state index in [0.717, 1.165) is 30.6 Å². The van der Waals surface area contributed by atoms with Crippen LogP contribution in [0.4, 0.5) is 5.69 Å². The second-order valence-corrected chi connectivity index (χ2v) is 6.65. The molecule has 25 heavy (non-hydrogen) atoms. The fraction of sp³-hybridized carbons (Fsp3) is 0.333. The molecular formula is C21H24N2O2. The molecule has 0 aliphatic carbocycles. The molecule has 130 valence electrons. The molecule has 3 rings (SSSR count). The van der Waals surface area contributed by atoms with E-state index in [1.165, 1.54) is 18.1 Å². The standard InChI is InChI=1S/C21H24N2O2/c1-15-10-11-20-18(13-15)9-6-12-23(20)21(25)14-19(22-16(2)24)17-7-4-3-5-8-17/h3-5,7-8,10-11,13,19H,6,9,12,14H2,1-2H3,(H,22,24)/t19-/m1/s1. The normalized spacial score (nSPS) is 14.6. The summed E-state index contributed by atoms with van der Waals surface area (Å²) in [6, 6.07) is 15.6. The highest BCUT2D eigenvalue weighted by Crippen LogP contribution is 2.29. The van der Waals surface area contributed by atoms with Crippen LogP contribution < -0.4 is 10.2 Å². The Kier molecular flexibility index (Phi) is 5.17. The molecule has 4 heteroatoms. The van der Waals surface area contributed by atoms with Gasteiger partial charge < -0.3 is 10.2 Å². The van der Waals surface area contributed by atoms with Gasteiger partial charge in [0.2, 0.25) is 11.8 Å². The molecule has 0 spiro atoms. The molecule has 0 radical (unpaired) electrons. The monoisotopic (exact) mass is 336 g/mol. The van der Waals surface area contributed by atoms with Crippen molar-refractivity contribution >= 4 is 17.5 Å². The second kappa shape index (κ2) is 7.51. The smallest absolute Gasteiger partial charge is 0.229 e. The highest BCUT2D eigenvalue weighted by atomic mass is 16.2. The van der Waals surface area contributed by atoms with Crippen LogP contribution in [0, 0.1) is 6.92 Å². The van der Waals surface area contributed by atoms with Gasteiger partial charge in [0.15, 0.2) is 0 Å². The number of anilines is 1. The Labute approximate surface area is 148 Å². The largest absolute Gasteiger partial charge is 0.349 e. The third kappa shape index (κ3) is 4.08. The number of aryl methyl sites for hydroxylation is 2. The number of carbonyl (C=O) groups excluding carboxylic acids is 2. The molecule has 0 saturated heterocycles. The van der Waals surface area contributed by atoms with Crippen LogP contribution in [-0.2, 0) is 16.0 Å². The molecule has 1 aliphatic rings. The first kappa shape index (κ1) is 17.2. The van der Waals surface area contributed by atoms with Gasteiger partial charge in [-0.05, 0) is 37.0 Å². The van der Waals surface area contributed by atoms with Crippen molar-refractivity contribution in [2.24, 2.45) is 0 Å². The molecule has 1 N–H and O–H groups in total. The fourth-order valence-corrected chi connectivity index (χ4v) is 3.45. The molecule has 0 aromatic heterocycles. The van der Waals surface area contributed by atoms with Crippen molar-refractivity contribution in [3.63, 3.8) is 0 Å². The lowest BCUT2D eigenvalue weighted by Crippen LogP contribution is -2.38. The number of benzene rings is 2. The molecule has 2 amide bonds. The summed E-state index contributed by atoms with van der Waals surface area (Å²) >= 11 is 0. The van der Waals surface area contributed by atoms with Gasteiger partial charge >= 0.3 is 0 Å². The third-order valence-corrected chi connectivity index (χ3v) is 4.61. The van der Waals surface area contributed by atoms with E-state index in [9.17, 15) is 9.59 Å². The average Bonchev–Trinajstić information content (AvgIpc) is 2.60. The maximum atomic E-state index is 13.0. The molecule has 1 aliphatic heterocycles. The summed E-state index contributed by atoms with van der Waals surface area (Å²) in [5, 5.41) is 2.91. The number of nitrogens with one attached hydrogen (secondary N) is 1. The number of hydrogen-bond donors (Lipinski definition) is 1. The van der Waals surface area contributed by atoms with Crippen molar-refractivity contribution in [3.05, 3.63) is 65.2 Å². The summed E-state index contributed by atoms with van der Waals surface area (Å²) < 4.78 is 0. The Hall–Kier alpha value is -2.62. The Balaban J connectivity index is 1.82. The molecule has 1 atom stereocenters. The lowest BCUT2D eigenvalue weighted by atomic mass is 9.97. The first-order chi connectivity index (χ1) is 12.0. The lowest BCUT2D eigenvalue weighted by molar-refractivity contribution is -0.121. The average molecular weight is 336 g/mol. The quantitative estimate of drug-likeness (QED) is 0.928. The van der Waals surface area contributed by atoms with Gasteiger partial charge in [-0.15, -0.1) is 0 Å². The van der Waals surface area contributed by atoms with E-state index in [4.69, 9.17) is 0 Å². The molecule has 0 bridgehead atoms. The Morgan fingerprint density at radius 3 is 2.64 bits per heavy atom. The number of hydrogen-bond acceptors (Lipinski definition) is 2. The van der Waals surface area contributed by atoms with Crippen LogP contribution in [0.1, 0.15) is 42.5 Å². The van der Waals surface area contributed by atoms with Crippen LogP contribution in [0.5, 0.6) is 0 Å². The first-order valence-corrected chi connectivity index (χ1v) is 8.76. The van der Waals surface area contributed by atoms with Crippen LogP contribution in [0.25, 0.3) is 0 Å². The molecule has 2 aromatic carbocycles. The minimum absolute atomic E-state index is 0.0485. The van der Waals surface area contributed by atoms with E-state index < -0.39 is 0 Å². The Morgan fingerprint density at radius 2 is 1.92 bits per heavy atom. The summed E-state index contributed by atoms with van der Waals surface area (Å²) in [7, 11) is 0. The van der Waals surface area contributed by atoms with Crippen LogP contribution in [-0.4, -0.2) is 18.4 Å². The Morgan fingerprint density at radius 1 is 1.16 bits per heavy atom. The van der Waals surface area contributed by atoms with Gasteiger partial charge in [0.05, 0.1) is 12.5 Å². The molecule has 1 heterocycles. The van der Waals surface area contributed by atoms with E-state index in [1.54, 1.807) is 0 Å². The van der Waals surface area contributed by atoms with E-state index in [1.807, 2.05) is 47.4 Å². The SMILES string of the molecule is CC(=O)N[C@H](CC(=O)N1CCCc2cc(C)ccc21)c1ccccc1. The van der Waals surface area contributed by atoms with E-state index >= 15 is 0 Å². The predicted octanol–water partition coefficient (Wildman–Crippen LogP) is 3.54. The molecule has 0 fully saturated rings. The zero-order chi connectivity index (χ0) is 17.8. The first-order valence-electron chi connectivity index (χ1n) is 8.76. The maximum Gasteiger partial charge on any atom is 0.229 e. The summed E-state index contributed by atoms with van der Waals surface area (Å²) in [6.45, 7) is 4.29. The maximum absolute atomic E-state index is 13.0. The predicted molar refractivity (Wildman–Crippen MR) is 99.5 cm³/mol. The number of nitrogens with zero attached hydrogens (tertiary/aromatic N) is 1. The molecule has 2 aromatic rings. The van der Waals surface area contributed by atoms with Crippen LogP contribution >= 0.6 is 0 Å². The lowest BCUT2D eigenvalue weighted by Gasteiger charge is -2.31. The number of fused-ring (bicyclic) bond motifs is 1. The van der Waals surface area contributed by atoms with Crippen molar-refractivity contribution in [1.29, 1.82) is 0 Å². The van der Waals surface area contributed by atoms with E-state index in [0.29, 0.717) is 0 Å². The minimum atomic E-state index is -0.304. The van der Waals surface area contributed by atoms with Gasteiger partial charge in [0, 0.05) is 19.2 Å². The van der Waals surface area contributed by atoms with Gasteiger partial charge in [-0.3, -0.25) is 9.59 Å². The van der Waals surface area contributed by atoms with Gasteiger partial charge in [-0.25, -0.2) is 0 Å². The molecular weight excluding hydrogens is 312 g/mol. The number of rotatable bonds is 4. The second-order valence-electron chi connectivity index (χ2n) is 6.65. The highest BCUT2D eigenvalue weighted by Gasteiger charge is 2.25. The van der Waals surface area contributed by atoms with Gasteiger partial charge in [-0.2, -0.15) is 0 Å². The highest BCUT2D eigenvalue weighted by molar-refractivity contribution is 5.95. The summed E-state index contributed by atoms with van der Waals surface area (Å²) in [5.74, 6) is -0.0799. The zero-order valence-electron chi connectivity index (χ0n) is 14.8. The summed E-state index contributed by atoms with van der Waals surface area (Å²) in [4.78, 5) is 26.4. The van der Waals surface area contributed by atoms with Crippen molar-refractivity contribution in [2.75, 3.05) is 11.4 Å². The summed E-state index contributed by atoms with van der Waals surface area (Å²) in [5.41, 5.74) is 4.41. The van der Waals surface area contributed by atoms with E-state index in [2.05, 4.69) is 18.3 Å². The van der Waals surface area contributed by atoms with Crippen LogP contribution in [0.2, 0.25) is 0 Å². The summed E-state index contributed by atoms with van der Waals surface area (Å²) in [6.07, 6.45) is 2.24. The van der Waals surface area contributed by atoms with Crippen LogP contribution in [0.3, 0.4) is 0 Å². The molecule has 0 saturated carbocycles.